The number of carbonyl (C=O) groups excluding carboxylic acids is 1. The summed E-state index contributed by atoms with van der Waals surface area (Å²) in [6.45, 7) is 3.85. The molecule has 0 amide bonds. The number of aryl methyl sites for hydroxylation is 1. The molecule has 0 atom stereocenters. The fraction of sp³-hybridized carbons (Fsp3) is 0.375. The average Bonchev–Trinajstić information content (AvgIpc) is 2.45. The largest absolute Gasteiger partial charge is 0.496 e. The van der Waals surface area contributed by atoms with Crippen molar-refractivity contribution in [3.05, 3.63) is 39.7 Å². The number of carbonyl (C=O) groups is 1. The highest BCUT2D eigenvalue weighted by atomic mass is 16.5. The molecule has 2 aromatic rings. The van der Waals surface area contributed by atoms with E-state index in [2.05, 4.69) is 0 Å². The molecule has 0 radical (unpaired) electrons. The Kier molecular flexibility index (Phi) is 4.23. The number of ether oxygens (including phenoxy) is 1. The Morgan fingerprint density at radius 1 is 1.25 bits per heavy atom. The van der Waals surface area contributed by atoms with E-state index in [0.717, 1.165) is 23.8 Å². The van der Waals surface area contributed by atoms with Gasteiger partial charge in [0.2, 0.25) is 0 Å². The minimum absolute atomic E-state index is 0.0115. The van der Waals surface area contributed by atoms with Gasteiger partial charge in [0, 0.05) is 23.9 Å². The fourth-order valence-electron chi connectivity index (χ4n) is 2.31. The number of Topliss-reactive ketones (excluding diaryl/α,β-unsaturated/α-hetero) is 1. The van der Waals surface area contributed by atoms with Gasteiger partial charge in [0.15, 0.2) is 5.78 Å². The molecule has 0 N–H and O–H groups in total. The zero-order chi connectivity index (χ0) is 14.7. The highest BCUT2D eigenvalue weighted by molar-refractivity contribution is 6.02. The van der Waals surface area contributed by atoms with Crippen LogP contribution in [0.1, 0.15) is 42.6 Å². The molecule has 0 saturated heterocycles. The third kappa shape index (κ3) is 2.59. The van der Waals surface area contributed by atoms with Gasteiger partial charge in [-0.15, -0.1) is 0 Å². The maximum atomic E-state index is 12.0. The molecule has 0 aliphatic carbocycles. The van der Waals surface area contributed by atoms with Gasteiger partial charge in [-0.2, -0.15) is 0 Å². The van der Waals surface area contributed by atoms with Crippen molar-refractivity contribution in [3.8, 4) is 5.75 Å². The molecule has 0 aliphatic rings. The molecule has 106 valence electrons. The summed E-state index contributed by atoms with van der Waals surface area (Å²) in [4.78, 5) is 23.6. The first kappa shape index (κ1) is 14.3. The molecule has 20 heavy (non-hydrogen) atoms. The second-order valence-electron chi connectivity index (χ2n) is 4.67. The van der Waals surface area contributed by atoms with Gasteiger partial charge in [0.1, 0.15) is 11.3 Å². The molecule has 0 unspecified atom stereocenters. The van der Waals surface area contributed by atoms with Crippen molar-refractivity contribution in [2.45, 2.75) is 33.1 Å². The Balaban J connectivity index is 2.77. The van der Waals surface area contributed by atoms with Crippen LogP contribution in [0.5, 0.6) is 5.75 Å². The van der Waals surface area contributed by atoms with Crippen LogP contribution in [0.15, 0.2) is 27.4 Å². The summed E-state index contributed by atoms with van der Waals surface area (Å²) in [6.07, 6.45) is 2.09. The highest BCUT2D eigenvalue weighted by Crippen LogP contribution is 2.28. The topological polar surface area (TPSA) is 56.5 Å². The van der Waals surface area contributed by atoms with E-state index in [9.17, 15) is 9.59 Å². The van der Waals surface area contributed by atoms with Crippen LogP contribution in [-0.2, 0) is 6.42 Å². The van der Waals surface area contributed by atoms with E-state index in [-0.39, 0.29) is 11.4 Å². The summed E-state index contributed by atoms with van der Waals surface area (Å²) in [6, 6.07) is 4.89. The van der Waals surface area contributed by atoms with Gasteiger partial charge in [-0.3, -0.25) is 4.79 Å². The molecule has 2 rings (SSSR count). The number of hydrogen-bond donors (Lipinski definition) is 0. The van der Waals surface area contributed by atoms with E-state index in [4.69, 9.17) is 9.15 Å². The number of hydrogen-bond acceptors (Lipinski definition) is 4. The molecule has 0 fully saturated rings. The predicted octanol–water partition coefficient (Wildman–Crippen LogP) is 3.35. The van der Waals surface area contributed by atoms with Crippen LogP contribution in [0, 0.1) is 0 Å². The van der Waals surface area contributed by atoms with Crippen LogP contribution in [0.2, 0.25) is 0 Å². The van der Waals surface area contributed by atoms with E-state index in [0.29, 0.717) is 23.3 Å². The van der Waals surface area contributed by atoms with Crippen LogP contribution >= 0.6 is 0 Å². The Labute approximate surface area is 117 Å². The monoisotopic (exact) mass is 274 g/mol. The van der Waals surface area contributed by atoms with Crippen LogP contribution in [0.4, 0.5) is 0 Å². The minimum Gasteiger partial charge on any atom is -0.496 e. The summed E-state index contributed by atoms with van der Waals surface area (Å²) >= 11 is 0. The first-order chi connectivity index (χ1) is 9.60. The standard InChI is InChI=1S/C16H18O4/c1-4-6-10-7-16(18)20-15-9-14(19-3)12(8-11(10)15)13(17)5-2/h7-9H,4-6H2,1-3H3. The number of rotatable bonds is 5. The third-order valence-electron chi connectivity index (χ3n) is 3.29. The molecule has 4 heteroatoms. The number of fused-ring (bicyclic) bond motifs is 1. The summed E-state index contributed by atoms with van der Waals surface area (Å²) < 4.78 is 10.4. The first-order valence-electron chi connectivity index (χ1n) is 6.78. The summed E-state index contributed by atoms with van der Waals surface area (Å²) in [5.41, 5.74) is 1.53. The number of ketones is 1. The normalized spacial score (nSPS) is 10.8. The van der Waals surface area contributed by atoms with Gasteiger partial charge in [0.05, 0.1) is 12.7 Å². The highest BCUT2D eigenvalue weighted by Gasteiger charge is 2.15. The lowest BCUT2D eigenvalue weighted by molar-refractivity contribution is 0.0985. The minimum atomic E-state index is -0.377. The predicted molar refractivity (Wildman–Crippen MR) is 77.7 cm³/mol. The van der Waals surface area contributed by atoms with Gasteiger partial charge in [-0.25, -0.2) is 4.79 Å². The van der Waals surface area contributed by atoms with E-state index in [1.807, 2.05) is 13.8 Å². The van der Waals surface area contributed by atoms with Crippen molar-refractivity contribution in [1.29, 1.82) is 0 Å². The van der Waals surface area contributed by atoms with Gasteiger partial charge in [0.25, 0.3) is 0 Å². The summed E-state index contributed by atoms with van der Waals surface area (Å²) in [5, 5.41) is 0.809. The van der Waals surface area contributed by atoms with Crippen molar-refractivity contribution in [1.82, 2.24) is 0 Å². The molecule has 0 bridgehead atoms. The lowest BCUT2D eigenvalue weighted by atomic mass is 10.00. The Bertz CT molecular complexity index is 697. The zero-order valence-electron chi connectivity index (χ0n) is 12.0. The molecule has 1 aromatic carbocycles. The van der Waals surface area contributed by atoms with Gasteiger partial charge in [-0.1, -0.05) is 20.3 Å². The van der Waals surface area contributed by atoms with Crippen molar-refractivity contribution in [3.63, 3.8) is 0 Å². The van der Waals surface area contributed by atoms with E-state index >= 15 is 0 Å². The third-order valence-corrected chi connectivity index (χ3v) is 3.29. The van der Waals surface area contributed by atoms with E-state index in [1.165, 1.54) is 13.2 Å². The van der Waals surface area contributed by atoms with Gasteiger partial charge >= 0.3 is 5.63 Å². The Morgan fingerprint density at radius 3 is 2.60 bits per heavy atom. The molecular weight excluding hydrogens is 256 g/mol. The van der Waals surface area contributed by atoms with E-state index in [1.54, 1.807) is 12.1 Å². The van der Waals surface area contributed by atoms with Gasteiger partial charge < -0.3 is 9.15 Å². The van der Waals surface area contributed by atoms with Crippen LogP contribution in [0.3, 0.4) is 0 Å². The van der Waals surface area contributed by atoms with Crippen molar-refractivity contribution >= 4 is 16.8 Å². The quantitative estimate of drug-likeness (QED) is 0.619. The molecular formula is C16H18O4. The maximum absolute atomic E-state index is 12.0. The average molecular weight is 274 g/mol. The number of methoxy groups -OCH3 is 1. The molecule has 0 spiro atoms. The number of benzene rings is 1. The second-order valence-corrected chi connectivity index (χ2v) is 4.67. The lowest BCUT2D eigenvalue weighted by Gasteiger charge is -2.10. The van der Waals surface area contributed by atoms with Crippen molar-refractivity contribution in [2.75, 3.05) is 7.11 Å². The van der Waals surface area contributed by atoms with Gasteiger partial charge in [-0.05, 0) is 18.1 Å². The van der Waals surface area contributed by atoms with Crippen molar-refractivity contribution < 1.29 is 13.9 Å². The summed E-state index contributed by atoms with van der Waals surface area (Å²) in [5.74, 6) is 0.457. The van der Waals surface area contributed by atoms with Crippen molar-refractivity contribution in [2.24, 2.45) is 0 Å². The maximum Gasteiger partial charge on any atom is 0.336 e. The lowest BCUT2D eigenvalue weighted by Crippen LogP contribution is -2.04. The van der Waals surface area contributed by atoms with Crippen LogP contribution in [-0.4, -0.2) is 12.9 Å². The molecule has 1 aromatic heterocycles. The molecule has 0 saturated carbocycles. The fourth-order valence-corrected chi connectivity index (χ4v) is 2.31. The Hall–Kier alpha value is -2.10. The SMILES string of the molecule is CCCc1cc(=O)oc2cc(OC)c(C(=O)CC)cc12. The smallest absolute Gasteiger partial charge is 0.336 e. The van der Waals surface area contributed by atoms with E-state index < -0.39 is 0 Å². The molecule has 1 heterocycles. The molecule has 0 aliphatic heterocycles. The first-order valence-corrected chi connectivity index (χ1v) is 6.78. The zero-order valence-corrected chi connectivity index (χ0v) is 12.0. The molecule has 4 nitrogen and oxygen atoms in total. The second kappa shape index (κ2) is 5.90. The summed E-state index contributed by atoms with van der Waals surface area (Å²) in [7, 11) is 1.50. The van der Waals surface area contributed by atoms with Crippen LogP contribution < -0.4 is 10.4 Å². The Morgan fingerprint density at radius 2 is 2.00 bits per heavy atom. The van der Waals surface area contributed by atoms with Crippen LogP contribution in [0.25, 0.3) is 11.0 Å².